The summed E-state index contributed by atoms with van der Waals surface area (Å²) in [5, 5.41) is 22.4. The Hall–Kier alpha value is -5.06. The van der Waals surface area contributed by atoms with E-state index in [9.17, 15) is 43.5 Å². The Morgan fingerprint density at radius 1 is 0.921 bits per heavy atom. The average Bonchev–Trinajstić information content (AvgIpc) is 3.73. The van der Waals surface area contributed by atoms with E-state index in [1.807, 2.05) is 20.8 Å². The number of rotatable bonds is 12. The maximum atomic E-state index is 14.5. The van der Waals surface area contributed by atoms with Gasteiger partial charge in [-0.2, -0.15) is 0 Å². The molecule has 2 fully saturated rings. The van der Waals surface area contributed by atoms with Gasteiger partial charge in [0.1, 0.15) is 29.9 Å². The number of ketones is 1. The first-order valence-electron chi connectivity index (χ1n) is 22.5. The van der Waals surface area contributed by atoms with Gasteiger partial charge < -0.3 is 45.6 Å². The molecular formula is C46H72N6O11. The molecule has 0 saturated carbocycles. The van der Waals surface area contributed by atoms with Crippen molar-refractivity contribution >= 4 is 47.2 Å². The number of amides is 6. The maximum Gasteiger partial charge on any atom is 0.309 e. The Bertz CT molecular complexity index is 1750. The highest BCUT2D eigenvalue weighted by molar-refractivity contribution is 6.05. The predicted molar refractivity (Wildman–Crippen MR) is 235 cm³/mol. The quantitative estimate of drug-likeness (QED) is 0.116. The molecule has 0 spiro atoms. The van der Waals surface area contributed by atoms with Gasteiger partial charge in [-0.1, -0.05) is 73.4 Å². The van der Waals surface area contributed by atoms with E-state index in [1.165, 1.54) is 30.9 Å². The van der Waals surface area contributed by atoms with Crippen molar-refractivity contribution in [1.29, 1.82) is 0 Å². The van der Waals surface area contributed by atoms with Crippen molar-refractivity contribution in [3.63, 3.8) is 0 Å². The molecule has 2 heterocycles. The number of Topliss-reactive ketones (excluding diaryl/α,β-unsaturated/α-hetero) is 1. The molecule has 0 aromatic heterocycles. The summed E-state index contributed by atoms with van der Waals surface area (Å²) in [7, 11) is 3.00. The van der Waals surface area contributed by atoms with Gasteiger partial charge in [0, 0.05) is 33.0 Å². The molecule has 0 unspecified atom stereocenters. The fourth-order valence-corrected chi connectivity index (χ4v) is 7.95. The standard InChI is InChI=1S/C46H72N6O11/c1-11-12-13-16-37(54)48-33-25-47-44(59)35(23-30-17-19-31(62-10)20-18-30)51(9)46(61)34-15-14-21-52(34)45(60)32(22-26(2)3)49-42(57)29(8)40(56)41(28(6)7)63-38(55)24-36(53)39(27(4)5)50-43(33)58/h17-20,26-29,32-36,39,41,53H,11-16,21-25H2,1-10H3,(H,47,59)(H,48,54)(H,49,57)(H,50,58)/t29-,32-,33-,34-,35-,36-,39+,41-/m0/s1. The number of ether oxygens (including phenoxy) is 2. The van der Waals surface area contributed by atoms with Crippen LogP contribution in [0.5, 0.6) is 5.75 Å². The zero-order valence-electron chi connectivity index (χ0n) is 38.9. The van der Waals surface area contributed by atoms with Crippen LogP contribution in [0.1, 0.15) is 112 Å². The number of benzene rings is 1. The van der Waals surface area contributed by atoms with Gasteiger partial charge in [0.05, 0.1) is 31.6 Å². The van der Waals surface area contributed by atoms with Crippen LogP contribution in [0.4, 0.5) is 0 Å². The lowest BCUT2D eigenvalue weighted by Crippen LogP contribution is -2.60. The first-order chi connectivity index (χ1) is 29.7. The number of carbonyl (C=O) groups is 8. The highest BCUT2D eigenvalue weighted by atomic mass is 16.5. The molecule has 17 heteroatoms. The summed E-state index contributed by atoms with van der Waals surface area (Å²) in [5.41, 5.74) is 0.682. The number of unbranched alkanes of at least 4 members (excludes halogenated alkanes) is 2. The molecule has 3 rings (SSSR count). The Balaban J connectivity index is 2.14. The van der Waals surface area contributed by atoms with Crippen LogP contribution >= 0.6 is 0 Å². The molecule has 0 bridgehead atoms. The van der Waals surface area contributed by atoms with Crippen molar-refractivity contribution in [2.75, 3.05) is 27.2 Å². The largest absolute Gasteiger partial charge is 0.497 e. The molecule has 352 valence electrons. The number of fused-ring (bicyclic) bond motifs is 1. The third-order valence-corrected chi connectivity index (χ3v) is 11.8. The summed E-state index contributed by atoms with van der Waals surface area (Å²) in [5.74, 6) is -7.13. The van der Waals surface area contributed by atoms with Gasteiger partial charge in [-0.05, 0) is 68.1 Å². The van der Waals surface area contributed by atoms with Crippen LogP contribution in [0.15, 0.2) is 24.3 Å². The topological polar surface area (TPSA) is 230 Å². The summed E-state index contributed by atoms with van der Waals surface area (Å²) in [6.45, 7) is 13.6. The van der Waals surface area contributed by atoms with E-state index in [4.69, 9.17) is 9.47 Å². The summed E-state index contributed by atoms with van der Waals surface area (Å²) < 4.78 is 10.9. The van der Waals surface area contributed by atoms with Crippen molar-refractivity contribution in [3.05, 3.63) is 29.8 Å². The first-order valence-corrected chi connectivity index (χ1v) is 22.5. The lowest BCUT2D eigenvalue weighted by atomic mass is 9.92. The highest BCUT2D eigenvalue weighted by Crippen LogP contribution is 2.25. The monoisotopic (exact) mass is 885 g/mol. The summed E-state index contributed by atoms with van der Waals surface area (Å²) in [6, 6.07) is 1.34. The van der Waals surface area contributed by atoms with Crippen LogP contribution in [0.3, 0.4) is 0 Å². The zero-order valence-corrected chi connectivity index (χ0v) is 38.9. The predicted octanol–water partition coefficient (Wildman–Crippen LogP) is 2.45. The van der Waals surface area contributed by atoms with Crippen LogP contribution in [0.25, 0.3) is 0 Å². The summed E-state index contributed by atoms with van der Waals surface area (Å²) in [4.78, 5) is 114. The second kappa shape index (κ2) is 24.7. The van der Waals surface area contributed by atoms with Crippen LogP contribution in [-0.4, -0.2) is 132 Å². The molecule has 2 aliphatic rings. The smallest absolute Gasteiger partial charge is 0.309 e. The van der Waals surface area contributed by atoms with Crippen LogP contribution in [0, 0.1) is 23.7 Å². The Morgan fingerprint density at radius 2 is 1.59 bits per heavy atom. The number of aliphatic hydroxyl groups excluding tert-OH is 1. The number of nitrogens with zero attached hydrogens (tertiary/aromatic N) is 2. The van der Waals surface area contributed by atoms with Gasteiger partial charge >= 0.3 is 5.97 Å². The number of likely N-dealkylation sites (N-methyl/N-ethyl adjacent to an activating group) is 1. The van der Waals surface area contributed by atoms with Crippen molar-refractivity contribution in [2.24, 2.45) is 23.7 Å². The van der Waals surface area contributed by atoms with Gasteiger partial charge in [0.25, 0.3) is 0 Å². The molecule has 17 nitrogen and oxygen atoms in total. The molecule has 1 aromatic rings. The molecule has 2 aliphatic heterocycles. The van der Waals surface area contributed by atoms with Gasteiger partial charge in [-0.15, -0.1) is 0 Å². The maximum absolute atomic E-state index is 14.5. The van der Waals surface area contributed by atoms with Crippen molar-refractivity contribution in [3.8, 4) is 5.75 Å². The molecule has 6 amide bonds. The molecule has 0 radical (unpaired) electrons. The van der Waals surface area contributed by atoms with Crippen LogP contribution < -0.4 is 26.0 Å². The second-order valence-electron chi connectivity index (χ2n) is 18.0. The molecule has 0 aliphatic carbocycles. The second-order valence-corrected chi connectivity index (χ2v) is 18.0. The lowest BCUT2D eigenvalue weighted by molar-refractivity contribution is -0.162. The van der Waals surface area contributed by atoms with E-state index >= 15 is 0 Å². The normalized spacial score (nSPS) is 26.6. The number of methoxy groups -OCH3 is 1. The molecule has 63 heavy (non-hydrogen) atoms. The van der Waals surface area contributed by atoms with E-state index in [2.05, 4.69) is 21.3 Å². The fraction of sp³-hybridized carbons (Fsp3) is 0.696. The summed E-state index contributed by atoms with van der Waals surface area (Å²) in [6.07, 6.45) is -0.185. The number of aliphatic hydroxyl groups is 1. The average molecular weight is 885 g/mol. The highest BCUT2D eigenvalue weighted by Gasteiger charge is 2.43. The first kappa shape index (κ1) is 52.3. The Kier molecular flexibility index (Phi) is 20.5. The SMILES string of the molecule is CCCCCC(=O)N[C@H]1CNC(=O)[C@H](Cc2ccc(OC)cc2)N(C)C(=O)[C@@H]2CCCN2C(=O)[C@H](CC(C)C)NC(=O)[C@@H](C)C(=O)[C@H](C(C)C)OC(=O)C[C@H](O)[C@@H](C(C)C)NC1=O. The molecule has 8 atom stereocenters. The number of esters is 1. The van der Waals surface area contributed by atoms with Crippen LogP contribution in [0.2, 0.25) is 0 Å². The third-order valence-electron chi connectivity index (χ3n) is 11.8. The van der Waals surface area contributed by atoms with E-state index in [0.717, 1.165) is 12.8 Å². The number of hydrogen-bond acceptors (Lipinski definition) is 11. The van der Waals surface area contributed by atoms with E-state index in [-0.39, 0.29) is 31.7 Å². The Labute approximate surface area is 372 Å². The zero-order chi connectivity index (χ0) is 47.1. The summed E-state index contributed by atoms with van der Waals surface area (Å²) >= 11 is 0. The van der Waals surface area contributed by atoms with Gasteiger partial charge in [0.15, 0.2) is 11.9 Å². The van der Waals surface area contributed by atoms with Crippen molar-refractivity contribution in [2.45, 2.75) is 156 Å². The van der Waals surface area contributed by atoms with E-state index in [1.54, 1.807) is 52.0 Å². The van der Waals surface area contributed by atoms with Gasteiger partial charge in [0.2, 0.25) is 35.4 Å². The number of nitrogens with one attached hydrogen (secondary N) is 4. The van der Waals surface area contributed by atoms with Gasteiger partial charge in [-0.25, -0.2) is 0 Å². The van der Waals surface area contributed by atoms with Crippen molar-refractivity contribution < 1.29 is 52.9 Å². The van der Waals surface area contributed by atoms with Crippen LogP contribution in [-0.2, 0) is 49.5 Å². The minimum absolute atomic E-state index is 0.0337. The molecule has 5 N–H and O–H groups in total. The molecule has 2 saturated heterocycles. The Morgan fingerprint density at radius 3 is 2.17 bits per heavy atom. The number of cyclic esters (lactones) is 1. The van der Waals surface area contributed by atoms with Crippen molar-refractivity contribution in [1.82, 2.24) is 31.1 Å². The van der Waals surface area contributed by atoms with Gasteiger partial charge in [-0.3, -0.25) is 38.4 Å². The minimum Gasteiger partial charge on any atom is -0.497 e. The third kappa shape index (κ3) is 15.0. The lowest BCUT2D eigenvalue weighted by Gasteiger charge is -2.35. The fourth-order valence-electron chi connectivity index (χ4n) is 7.95. The van der Waals surface area contributed by atoms with E-state index < -0.39 is 120 Å². The minimum atomic E-state index is -1.51. The number of carbonyl (C=O) groups excluding carboxylic acids is 8. The van der Waals surface area contributed by atoms with E-state index in [0.29, 0.717) is 30.6 Å². The molecule has 1 aromatic carbocycles. The molecular weight excluding hydrogens is 813 g/mol. The number of hydrogen-bond donors (Lipinski definition) is 5.